The average Bonchev–Trinajstić information content (AvgIpc) is 0.760. The van der Waals surface area contributed by atoms with E-state index in [4.69, 9.17) is 28.4 Å². The van der Waals surface area contributed by atoms with Gasteiger partial charge in [0.05, 0.1) is 0 Å². The smallest absolute Gasteiger partial charge is 0.323 e. The van der Waals surface area contributed by atoms with E-state index in [2.05, 4.69) is 18.2 Å². The third-order valence-electron chi connectivity index (χ3n) is 26.6. The molecule has 0 spiro atoms. The van der Waals surface area contributed by atoms with E-state index in [0.717, 1.165) is 36.9 Å². The van der Waals surface area contributed by atoms with Gasteiger partial charge in [-0.25, -0.2) is 0 Å². The maximum atomic E-state index is 15.7. The van der Waals surface area contributed by atoms with Crippen molar-refractivity contribution in [1.29, 1.82) is 0 Å². The van der Waals surface area contributed by atoms with Gasteiger partial charge in [-0.2, -0.15) is 10.1 Å². The van der Waals surface area contributed by atoms with Crippen LogP contribution in [0.1, 0.15) is 377 Å². The standard InChI is InChI=1S/C90H152N6O18/c1-28-31-40-88(70(97)109-64-49-76(4,5)91(103)77(6,7)50-64,71(98)110-65-51-78(8,9)92(104)79(10,11)52-65)43-34-37-61-46-62(38-35-44-89(41-32-29-2,72(99)111-66-53-80(12,13)93(105)81(14,15)54-66)73(100)112-67-55-82(16,17)94(106)83(18,19)56-67)48-63(47-61)39-36-45-90(42-33-30-3,74(101)113-68-57-84(20,21)95(107)85(22,23)58-68)75(102)114-69-59-86(24,25)96(108)87(26,27)60-69/h46-48,64-69,103,105H,28-45,49-60H2,1-27H3. The molecule has 2 N–H and O–H groups in total. The predicted molar refractivity (Wildman–Crippen MR) is 432 cm³/mol. The maximum Gasteiger partial charge on any atom is 0.323 e. The molecule has 650 valence electrons. The zero-order chi connectivity index (χ0) is 86.2. The van der Waals surface area contributed by atoms with E-state index >= 15 is 28.8 Å². The fourth-order valence-corrected chi connectivity index (χ4v) is 21.5. The molecule has 2 atom stereocenters. The van der Waals surface area contributed by atoms with Crippen molar-refractivity contribution in [3.8, 4) is 0 Å². The minimum absolute atomic E-state index is 0.0146. The molecule has 24 heteroatoms. The number of aryl methyl sites for hydroxylation is 3. The zero-order valence-corrected chi connectivity index (χ0v) is 75.5. The molecule has 0 saturated carbocycles. The van der Waals surface area contributed by atoms with Gasteiger partial charge >= 0.3 is 35.8 Å². The van der Waals surface area contributed by atoms with Gasteiger partial charge in [0.25, 0.3) is 0 Å². The van der Waals surface area contributed by atoms with Crippen LogP contribution in [0.5, 0.6) is 0 Å². The lowest BCUT2D eigenvalue weighted by Gasteiger charge is -2.51. The van der Waals surface area contributed by atoms with Crippen molar-refractivity contribution in [3.63, 3.8) is 0 Å². The summed E-state index contributed by atoms with van der Waals surface area (Å²) in [7, 11) is 0. The first kappa shape index (κ1) is 96.7. The molecule has 0 aromatic heterocycles. The van der Waals surface area contributed by atoms with Crippen molar-refractivity contribution in [3.05, 3.63) is 34.9 Å². The van der Waals surface area contributed by atoms with Crippen LogP contribution in [-0.2, 0) is 97.3 Å². The number of rotatable bonds is 33. The molecule has 6 aliphatic rings. The van der Waals surface area contributed by atoms with Crippen molar-refractivity contribution < 1.29 is 88.4 Å². The lowest BCUT2D eigenvalue weighted by molar-refractivity contribution is -0.301. The van der Waals surface area contributed by atoms with E-state index in [0.29, 0.717) is 57.8 Å². The van der Waals surface area contributed by atoms with Crippen LogP contribution in [0, 0.1) is 16.2 Å². The highest BCUT2D eigenvalue weighted by atomic mass is 16.6. The molecular formula is C90H152N6O18. The van der Waals surface area contributed by atoms with Crippen molar-refractivity contribution in [1.82, 2.24) is 30.4 Å². The number of unbranched alkanes of at least 4 members (excludes halogenated alkanes) is 3. The molecule has 6 fully saturated rings. The summed E-state index contributed by atoms with van der Waals surface area (Å²) in [6.07, 6.45) is 4.45. The van der Waals surface area contributed by atoms with E-state index in [1.165, 1.54) is 10.1 Å². The summed E-state index contributed by atoms with van der Waals surface area (Å²) < 4.78 is 39.6. The van der Waals surface area contributed by atoms with E-state index in [1.54, 1.807) is 0 Å². The lowest BCUT2D eigenvalue weighted by Crippen LogP contribution is -2.61. The molecule has 1 aromatic rings. The number of hydrogen-bond donors (Lipinski definition) is 2. The number of piperidine rings is 6. The van der Waals surface area contributed by atoms with Crippen molar-refractivity contribution in [2.45, 2.75) is 483 Å². The van der Waals surface area contributed by atoms with Crippen LogP contribution in [0.15, 0.2) is 18.2 Å². The minimum Gasteiger partial charge on any atom is -0.461 e. The normalized spacial score (nSPS) is 24.5. The highest BCUT2D eigenvalue weighted by Gasteiger charge is 2.60. The number of benzene rings is 1. The molecule has 0 bridgehead atoms. The Morgan fingerprint density at radius 3 is 0.570 bits per heavy atom. The Kier molecular flexibility index (Phi) is 30.3. The second-order valence-corrected chi connectivity index (χ2v) is 43.4. The van der Waals surface area contributed by atoms with Crippen LogP contribution in [-0.4, -0.2) is 180 Å². The van der Waals surface area contributed by atoms with Gasteiger partial charge in [-0.05, 0) is 260 Å². The molecule has 0 aliphatic carbocycles. The van der Waals surface area contributed by atoms with Crippen molar-refractivity contribution in [2.24, 2.45) is 16.2 Å². The topological polar surface area (TPSA) is 297 Å². The van der Waals surface area contributed by atoms with Gasteiger partial charge in [0.2, 0.25) is 0 Å². The first-order valence-corrected chi connectivity index (χ1v) is 43.4. The number of nitrogens with zero attached hydrogens (tertiary/aromatic N) is 6. The summed E-state index contributed by atoms with van der Waals surface area (Å²) in [5, 5.41) is 84.6. The largest absolute Gasteiger partial charge is 0.461 e. The van der Waals surface area contributed by atoms with Crippen molar-refractivity contribution >= 4 is 35.8 Å². The molecule has 6 saturated heterocycles. The van der Waals surface area contributed by atoms with Gasteiger partial charge in [0.15, 0.2) is 16.2 Å². The third kappa shape index (κ3) is 22.0. The van der Waals surface area contributed by atoms with Crippen LogP contribution in [0.25, 0.3) is 0 Å². The van der Waals surface area contributed by atoms with Crippen LogP contribution >= 0.6 is 0 Å². The summed E-state index contributed by atoms with van der Waals surface area (Å²) in [5.41, 5.74) is -13.3. The molecular weight excluding hydrogens is 1450 g/mol. The highest BCUT2D eigenvalue weighted by Crippen LogP contribution is 2.50. The first-order valence-electron chi connectivity index (χ1n) is 43.4. The average molecular weight is 1610 g/mol. The minimum atomic E-state index is -1.81. The van der Waals surface area contributed by atoms with E-state index in [-0.39, 0.29) is 135 Å². The fourth-order valence-electron chi connectivity index (χ4n) is 21.5. The Balaban J connectivity index is 1.34. The monoisotopic (exact) mass is 1610 g/mol. The summed E-state index contributed by atoms with van der Waals surface area (Å²) in [6, 6.07) is 6.22. The van der Waals surface area contributed by atoms with Gasteiger partial charge in [0.1, 0.15) is 36.6 Å². The quantitative estimate of drug-likeness (QED) is 0.0375. The number of hydrogen-bond acceptors (Lipinski definition) is 20. The lowest BCUT2D eigenvalue weighted by atomic mass is 9.75. The van der Waals surface area contributed by atoms with E-state index in [9.17, 15) is 31.2 Å². The maximum absolute atomic E-state index is 15.7. The second-order valence-electron chi connectivity index (χ2n) is 43.4. The number of ether oxygens (including phenoxy) is 6. The van der Waals surface area contributed by atoms with Gasteiger partial charge in [0, 0.05) is 144 Å². The van der Waals surface area contributed by atoms with Crippen molar-refractivity contribution in [2.75, 3.05) is 0 Å². The highest BCUT2D eigenvalue weighted by molar-refractivity contribution is 6.01. The van der Waals surface area contributed by atoms with Gasteiger partial charge in [-0.3, -0.25) is 28.8 Å². The molecule has 2 unspecified atom stereocenters. The molecule has 0 amide bonds. The summed E-state index contributed by atoms with van der Waals surface area (Å²) in [5.74, 6) is -4.27. The van der Waals surface area contributed by atoms with Gasteiger partial charge in [-0.1, -0.05) is 77.5 Å². The number of carbonyl (C=O) groups excluding carboxylic acids is 6. The molecule has 4 radical (unpaired) electrons. The summed E-state index contributed by atoms with van der Waals surface area (Å²) >= 11 is 0. The van der Waals surface area contributed by atoms with Gasteiger partial charge < -0.3 is 38.8 Å². The number of hydroxylamine groups is 12. The Hall–Kier alpha value is -4.44. The SMILES string of the molecule is CCCCC(CCCc1cc(CCCC(CCCC)(C(=O)OC2CC(C)(C)N([O])C(C)(C)C2)C(=O)OC2CC(C)(C)N(O)C(C)(C)C2)cc(CCCC(CCCC)(C(=O)OC2CC(C)(C)N([O])C(C)(C)C2)C(=O)OC2CC(C)(C)N(O)C(C)(C)C2)c1)(C(=O)OC1CC(C)(C)N([O])C(C)(C)C1)C(=O)OC1CC(C)(C)N([O])C(C)(C)C1. The zero-order valence-electron chi connectivity index (χ0n) is 75.5. The Labute approximate surface area is 685 Å². The van der Waals surface area contributed by atoms with Crippen LogP contribution in [0.4, 0.5) is 0 Å². The van der Waals surface area contributed by atoms with Crippen LogP contribution < -0.4 is 0 Å². The number of esters is 6. The Bertz CT molecular complexity index is 2840. The first-order chi connectivity index (χ1) is 52.1. The van der Waals surface area contributed by atoms with Gasteiger partial charge in [-0.15, -0.1) is 41.1 Å². The fraction of sp³-hybridized carbons (Fsp3) is 0.867. The molecule has 6 aliphatic heterocycles. The summed E-state index contributed by atoms with van der Waals surface area (Å²) in [6.45, 7) is 50.3. The Morgan fingerprint density at radius 2 is 0.421 bits per heavy atom. The number of carbonyl (C=O) groups is 6. The molecule has 114 heavy (non-hydrogen) atoms. The molecule has 24 nitrogen and oxygen atoms in total. The van der Waals surface area contributed by atoms with E-state index in [1.807, 2.05) is 187 Å². The van der Waals surface area contributed by atoms with Crippen LogP contribution in [0.3, 0.4) is 0 Å². The summed E-state index contributed by atoms with van der Waals surface area (Å²) in [4.78, 5) is 94.1. The third-order valence-corrected chi connectivity index (χ3v) is 26.6. The molecule has 6 heterocycles. The molecule has 7 rings (SSSR count). The Morgan fingerprint density at radius 1 is 0.281 bits per heavy atom. The predicted octanol–water partition coefficient (Wildman–Crippen LogP) is 17.7. The van der Waals surface area contributed by atoms with E-state index < -0.39 is 155 Å². The second kappa shape index (κ2) is 35.7. The van der Waals surface area contributed by atoms with Crippen LogP contribution in [0.2, 0.25) is 0 Å². The molecule has 1 aromatic carbocycles.